The Bertz CT molecular complexity index is 1420. The number of fused-ring (bicyclic) bond motifs is 2. The van der Waals surface area contributed by atoms with E-state index < -0.39 is 0 Å². The predicted molar refractivity (Wildman–Crippen MR) is 132 cm³/mol. The quantitative estimate of drug-likeness (QED) is 0.497. The Hall–Kier alpha value is -3.94. The minimum atomic E-state index is -0.373. The molecule has 0 atom stereocenters. The van der Waals surface area contributed by atoms with Crippen LogP contribution in [-0.4, -0.2) is 31.6 Å². The van der Waals surface area contributed by atoms with E-state index in [1.165, 1.54) is 25.8 Å². The molecule has 0 spiro atoms. The molecular formula is C26H28N6O2. The summed E-state index contributed by atoms with van der Waals surface area (Å²) in [4.78, 5) is 32.7. The van der Waals surface area contributed by atoms with Crippen molar-refractivity contribution in [2.24, 2.45) is 0 Å². The van der Waals surface area contributed by atoms with Crippen molar-refractivity contribution in [1.82, 2.24) is 19.2 Å². The van der Waals surface area contributed by atoms with Gasteiger partial charge in [0.15, 0.2) is 5.65 Å². The van der Waals surface area contributed by atoms with Crippen molar-refractivity contribution in [3.63, 3.8) is 0 Å². The molecule has 0 saturated carbocycles. The number of nitrogens with one attached hydrogen (secondary N) is 1. The van der Waals surface area contributed by atoms with Crippen LogP contribution >= 0.6 is 0 Å². The number of aryl methyl sites for hydroxylation is 1. The van der Waals surface area contributed by atoms with Gasteiger partial charge in [-0.05, 0) is 48.1 Å². The molecule has 0 unspecified atom stereocenters. The molecule has 1 N–H and O–H groups in total. The smallest absolute Gasteiger partial charge is 0.337 e. The third-order valence-electron chi connectivity index (χ3n) is 6.25. The standard InChI is InChI=1S/C26H28N6O2/c1-17(2)19-8-10-22(11-9-19)28-24(33)16-31-26(34)32-23(29-31)14-18(3)27-25(32)30-13-12-20-6-4-5-7-21(20)15-30/h4-11,14,17H,12-13,15-16H2,1-3H3,(H,28,33). The summed E-state index contributed by atoms with van der Waals surface area (Å²) in [5, 5.41) is 7.29. The SMILES string of the molecule is Cc1cc2nn(CC(=O)Nc3ccc(C(C)C)cc3)c(=O)n2c(N2CCc3ccccc3C2)n1. The summed E-state index contributed by atoms with van der Waals surface area (Å²) < 4.78 is 2.71. The lowest BCUT2D eigenvalue weighted by Gasteiger charge is -2.29. The average molecular weight is 457 g/mol. The van der Waals surface area contributed by atoms with Gasteiger partial charge in [-0.3, -0.25) is 4.79 Å². The van der Waals surface area contributed by atoms with Crippen molar-refractivity contribution in [3.05, 3.63) is 87.5 Å². The molecule has 34 heavy (non-hydrogen) atoms. The molecule has 0 bridgehead atoms. The number of aromatic nitrogens is 4. The van der Waals surface area contributed by atoms with Crippen molar-refractivity contribution >= 4 is 23.2 Å². The zero-order chi connectivity index (χ0) is 23.8. The monoisotopic (exact) mass is 456 g/mol. The second-order valence-electron chi connectivity index (χ2n) is 9.10. The normalized spacial score (nSPS) is 13.4. The lowest BCUT2D eigenvalue weighted by atomic mass is 10.0. The molecule has 8 heteroatoms. The number of amides is 1. The summed E-state index contributed by atoms with van der Waals surface area (Å²) in [6.07, 6.45) is 0.883. The second kappa shape index (κ2) is 8.78. The lowest BCUT2D eigenvalue weighted by molar-refractivity contribution is -0.117. The van der Waals surface area contributed by atoms with Gasteiger partial charge in [-0.2, -0.15) is 0 Å². The minimum absolute atomic E-state index is 0.173. The van der Waals surface area contributed by atoms with Gasteiger partial charge in [0, 0.05) is 30.5 Å². The van der Waals surface area contributed by atoms with Crippen LogP contribution < -0.4 is 15.9 Å². The molecule has 1 amide bonds. The van der Waals surface area contributed by atoms with Crippen LogP contribution in [0.3, 0.4) is 0 Å². The summed E-state index contributed by atoms with van der Waals surface area (Å²) >= 11 is 0. The summed E-state index contributed by atoms with van der Waals surface area (Å²) in [5.74, 6) is 0.673. The summed E-state index contributed by atoms with van der Waals surface area (Å²) in [6.45, 7) is 7.39. The first-order valence-electron chi connectivity index (χ1n) is 11.6. The number of hydrogen-bond donors (Lipinski definition) is 1. The van der Waals surface area contributed by atoms with E-state index in [1.54, 1.807) is 6.07 Å². The largest absolute Gasteiger partial charge is 0.353 e. The first kappa shape index (κ1) is 21.9. The van der Waals surface area contributed by atoms with Gasteiger partial charge in [-0.25, -0.2) is 18.9 Å². The van der Waals surface area contributed by atoms with E-state index in [-0.39, 0.29) is 18.1 Å². The molecule has 1 aliphatic heterocycles. The van der Waals surface area contributed by atoms with E-state index in [4.69, 9.17) is 0 Å². The summed E-state index contributed by atoms with van der Waals surface area (Å²) in [7, 11) is 0. The Morgan fingerprint density at radius 3 is 2.56 bits per heavy atom. The number of carbonyl (C=O) groups excluding carboxylic acids is 1. The van der Waals surface area contributed by atoms with Crippen molar-refractivity contribution in [1.29, 1.82) is 0 Å². The van der Waals surface area contributed by atoms with Gasteiger partial charge in [0.1, 0.15) is 6.54 Å². The zero-order valence-corrected chi connectivity index (χ0v) is 19.7. The highest BCUT2D eigenvalue weighted by Gasteiger charge is 2.22. The second-order valence-corrected chi connectivity index (χ2v) is 9.10. The van der Waals surface area contributed by atoms with Crippen LogP contribution in [-0.2, 0) is 24.3 Å². The molecule has 0 saturated heterocycles. The molecule has 2 aromatic heterocycles. The van der Waals surface area contributed by atoms with E-state index in [0.717, 1.165) is 18.7 Å². The fraction of sp³-hybridized carbons (Fsp3) is 0.308. The van der Waals surface area contributed by atoms with E-state index in [1.807, 2.05) is 37.3 Å². The maximum atomic E-state index is 13.3. The van der Waals surface area contributed by atoms with Gasteiger partial charge >= 0.3 is 5.69 Å². The topological polar surface area (TPSA) is 84.5 Å². The number of carbonyl (C=O) groups is 1. The van der Waals surface area contributed by atoms with Crippen LogP contribution in [0.4, 0.5) is 11.6 Å². The maximum Gasteiger partial charge on any atom is 0.353 e. The van der Waals surface area contributed by atoms with Crippen molar-refractivity contribution < 1.29 is 4.79 Å². The molecule has 0 fully saturated rings. The van der Waals surface area contributed by atoms with Crippen LogP contribution in [0.2, 0.25) is 0 Å². The highest BCUT2D eigenvalue weighted by Crippen LogP contribution is 2.23. The maximum absolute atomic E-state index is 13.3. The van der Waals surface area contributed by atoms with E-state index >= 15 is 0 Å². The Morgan fingerprint density at radius 1 is 1.09 bits per heavy atom. The summed E-state index contributed by atoms with van der Waals surface area (Å²) in [6, 6.07) is 17.8. The number of rotatable bonds is 5. The molecular weight excluding hydrogens is 428 g/mol. The molecule has 0 aliphatic carbocycles. The summed E-state index contributed by atoms with van der Waals surface area (Å²) in [5.41, 5.74) is 5.33. The third-order valence-corrected chi connectivity index (χ3v) is 6.25. The Balaban J connectivity index is 1.41. The lowest BCUT2D eigenvalue weighted by Crippen LogP contribution is -2.35. The van der Waals surface area contributed by atoms with E-state index in [9.17, 15) is 9.59 Å². The first-order chi connectivity index (χ1) is 16.4. The van der Waals surface area contributed by atoms with Crippen molar-refractivity contribution in [2.75, 3.05) is 16.8 Å². The third kappa shape index (κ3) is 4.19. The first-order valence-corrected chi connectivity index (χ1v) is 11.6. The van der Waals surface area contributed by atoms with Crippen LogP contribution in [0.1, 0.15) is 42.1 Å². The van der Waals surface area contributed by atoms with Crippen LogP contribution in [0.5, 0.6) is 0 Å². The molecule has 0 radical (unpaired) electrons. The van der Waals surface area contributed by atoms with Crippen LogP contribution in [0.25, 0.3) is 5.65 Å². The van der Waals surface area contributed by atoms with Crippen LogP contribution in [0, 0.1) is 6.92 Å². The molecule has 8 nitrogen and oxygen atoms in total. The van der Waals surface area contributed by atoms with Gasteiger partial charge in [-0.1, -0.05) is 50.2 Å². The number of hydrogen-bond acceptors (Lipinski definition) is 5. The van der Waals surface area contributed by atoms with Gasteiger partial charge in [0.2, 0.25) is 11.9 Å². The van der Waals surface area contributed by atoms with Gasteiger partial charge in [0.25, 0.3) is 0 Å². The highest BCUT2D eigenvalue weighted by atomic mass is 16.2. The van der Waals surface area contributed by atoms with Crippen LogP contribution in [0.15, 0.2) is 59.4 Å². The highest BCUT2D eigenvalue weighted by molar-refractivity contribution is 5.90. The van der Waals surface area contributed by atoms with Gasteiger partial charge in [-0.15, -0.1) is 5.10 Å². The molecule has 1 aliphatic rings. The Kier molecular flexibility index (Phi) is 5.65. The molecule has 5 rings (SSSR count). The zero-order valence-electron chi connectivity index (χ0n) is 19.7. The van der Waals surface area contributed by atoms with E-state index in [2.05, 4.69) is 52.3 Å². The molecule has 174 valence electrons. The van der Waals surface area contributed by atoms with E-state index in [0.29, 0.717) is 29.7 Å². The minimum Gasteiger partial charge on any atom is -0.337 e. The average Bonchev–Trinajstić information content (AvgIpc) is 3.13. The Morgan fingerprint density at radius 2 is 1.82 bits per heavy atom. The fourth-order valence-electron chi connectivity index (χ4n) is 4.40. The predicted octanol–water partition coefficient (Wildman–Crippen LogP) is 3.52. The fourth-order valence-corrected chi connectivity index (χ4v) is 4.40. The molecule has 3 heterocycles. The molecule has 2 aromatic carbocycles. The number of benzene rings is 2. The van der Waals surface area contributed by atoms with Crippen molar-refractivity contribution in [2.45, 2.75) is 46.2 Å². The van der Waals surface area contributed by atoms with Gasteiger partial charge in [0.05, 0.1) is 0 Å². The molecule has 4 aromatic rings. The number of anilines is 2. The van der Waals surface area contributed by atoms with Crippen molar-refractivity contribution in [3.8, 4) is 0 Å². The Labute approximate surface area is 197 Å². The number of nitrogens with zero attached hydrogens (tertiary/aromatic N) is 5. The van der Waals surface area contributed by atoms with Gasteiger partial charge < -0.3 is 10.2 Å².